The third kappa shape index (κ3) is 3.87. The number of H-pyrrole nitrogens is 1. The summed E-state index contributed by atoms with van der Waals surface area (Å²) in [6.45, 7) is 2.14. The minimum atomic E-state index is 0.0999. The minimum Gasteiger partial charge on any atom is -0.382 e. The van der Waals surface area contributed by atoms with Crippen LogP contribution in [0.2, 0.25) is 0 Å². The molecule has 1 unspecified atom stereocenters. The van der Waals surface area contributed by atoms with Crippen molar-refractivity contribution in [2.24, 2.45) is 0 Å². The quantitative estimate of drug-likeness (QED) is 0.657. The van der Waals surface area contributed by atoms with E-state index in [9.17, 15) is 0 Å². The van der Waals surface area contributed by atoms with Gasteiger partial charge in [-0.15, -0.1) is 0 Å². The molecular formula is C9H17N3O2. The van der Waals surface area contributed by atoms with Gasteiger partial charge in [-0.2, -0.15) is 5.10 Å². The van der Waals surface area contributed by atoms with Crippen LogP contribution in [0.15, 0.2) is 12.3 Å². The number of aromatic amines is 1. The van der Waals surface area contributed by atoms with Gasteiger partial charge in [-0.1, -0.05) is 0 Å². The Bertz CT molecular complexity index is 226. The van der Waals surface area contributed by atoms with Gasteiger partial charge in [0.2, 0.25) is 0 Å². The first-order chi connectivity index (χ1) is 6.86. The molecule has 2 N–H and O–H groups in total. The van der Waals surface area contributed by atoms with E-state index in [0.29, 0.717) is 6.61 Å². The largest absolute Gasteiger partial charge is 0.382 e. The average molecular weight is 199 g/mol. The number of ether oxygens (including phenoxy) is 2. The molecule has 1 heterocycles. The highest BCUT2D eigenvalue weighted by molar-refractivity contribution is 4.96. The summed E-state index contributed by atoms with van der Waals surface area (Å²) in [6.07, 6.45) is 1.84. The molecule has 1 rings (SSSR count). The summed E-state index contributed by atoms with van der Waals surface area (Å²) >= 11 is 0. The lowest BCUT2D eigenvalue weighted by Crippen LogP contribution is -2.31. The lowest BCUT2D eigenvalue weighted by molar-refractivity contribution is 0.0287. The van der Waals surface area contributed by atoms with Gasteiger partial charge in [0.25, 0.3) is 0 Å². The molecule has 80 valence electrons. The van der Waals surface area contributed by atoms with Gasteiger partial charge in [0.1, 0.15) is 0 Å². The monoisotopic (exact) mass is 199 g/mol. The Kier molecular flexibility index (Phi) is 5.21. The molecule has 0 saturated carbocycles. The average Bonchev–Trinajstić information content (AvgIpc) is 2.69. The van der Waals surface area contributed by atoms with E-state index >= 15 is 0 Å². The zero-order chi connectivity index (χ0) is 10.2. The Balaban J connectivity index is 2.13. The van der Waals surface area contributed by atoms with Crippen molar-refractivity contribution in [1.82, 2.24) is 15.5 Å². The number of methoxy groups -OCH3 is 2. The Morgan fingerprint density at radius 3 is 3.00 bits per heavy atom. The van der Waals surface area contributed by atoms with Crippen LogP contribution in [-0.2, 0) is 16.0 Å². The van der Waals surface area contributed by atoms with Crippen LogP contribution in [0.25, 0.3) is 0 Å². The molecule has 0 aliphatic rings. The van der Waals surface area contributed by atoms with Gasteiger partial charge in [0, 0.05) is 39.2 Å². The zero-order valence-corrected chi connectivity index (χ0v) is 8.62. The normalized spacial score (nSPS) is 13.0. The third-order valence-corrected chi connectivity index (χ3v) is 1.93. The number of hydrogen-bond donors (Lipinski definition) is 2. The third-order valence-electron chi connectivity index (χ3n) is 1.93. The van der Waals surface area contributed by atoms with Crippen LogP contribution in [0.5, 0.6) is 0 Å². The highest BCUT2D eigenvalue weighted by Gasteiger charge is 2.05. The van der Waals surface area contributed by atoms with E-state index in [-0.39, 0.29) is 6.10 Å². The lowest BCUT2D eigenvalue weighted by Gasteiger charge is -2.14. The van der Waals surface area contributed by atoms with E-state index < -0.39 is 0 Å². The Hall–Kier alpha value is -0.910. The molecule has 1 atom stereocenters. The fourth-order valence-corrected chi connectivity index (χ4v) is 1.15. The first kappa shape index (κ1) is 11.2. The van der Waals surface area contributed by atoms with Crippen molar-refractivity contribution in [2.75, 3.05) is 27.4 Å². The van der Waals surface area contributed by atoms with Gasteiger partial charge < -0.3 is 14.8 Å². The predicted octanol–water partition coefficient (Wildman–Crippen LogP) is 0.161. The van der Waals surface area contributed by atoms with Gasteiger partial charge >= 0.3 is 0 Å². The van der Waals surface area contributed by atoms with Crippen molar-refractivity contribution >= 4 is 0 Å². The molecule has 0 amide bonds. The van der Waals surface area contributed by atoms with Crippen molar-refractivity contribution in [1.29, 1.82) is 0 Å². The van der Waals surface area contributed by atoms with Crippen LogP contribution in [0.1, 0.15) is 5.69 Å². The second-order valence-electron chi connectivity index (χ2n) is 3.03. The molecular weight excluding hydrogens is 182 g/mol. The van der Waals surface area contributed by atoms with Gasteiger partial charge in [-0.3, -0.25) is 5.10 Å². The van der Waals surface area contributed by atoms with Crippen molar-refractivity contribution < 1.29 is 9.47 Å². The van der Waals surface area contributed by atoms with Crippen LogP contribution >= 0.6 is 0 Å². The maximum Gasteiger partial charge on any atom is 0.0928 e. The van der Waals surface area contributed by atoms with Gasteiger partial charge in [0.15, 0.2) is 0 Å². The van der Waals surface area contributed by atoms with E-state index in [1.807, 2.05) is 6.07 Å². The first-order valence-electron chi connectivity index (χ1n) is 4.57. The van der Waals surface area contributed by atoms with Crippen LogP contribution < -0.4 is 5.32 Å². The SMILES string of the molecule is COCC(CNCc1ccn[nH]1)OC. The zero-order valence-electron chi connectivity index (χ0n) is 8.62. The fraction of sp³-hybridized carbons (Fsp3) is 0.667. The summed E-state index contributed by atoms with van der Waals surface area (Å²) in [5.41, 5.74) is 1.07. The van der Waals surface area contributed by atoms with Crippen LogP contribution in [0, 0.1) is 0 Å². The smallest absolute Gasteiger partial charge is 0.0928 e. The van der Waals surface area contributed by atoms with Crippen molar-refractivity contribution in [3.05, 3.63) is 18.0 Å². The highest BCUT2D eigenvalue weighted by atomic mass is 16.5. The van der Waals surface area contributed by atoms with E-state index in [0.717, 1.165) is 18.8 Å². The number of nitrogens with one attached hydrogen (secondary N) is 2. The number of nitrogens with zero attached hydrogens (tertiary/aromatic N) is 1. The summed E-state index contributed by atoms with van der Waals surface area (Å²) in [6, 6.07) is 1.94. The second-order valence-corrected chi connectivity index (χ2v) is 3.03. The molecule has 0 aliphatic carbocycles. The molecule has 0 spiro atoms. The van der Waals surface area contributed by atoms with Crippen LogP contribution in [0.4, 0.5) is 0 Å². The van der Waals surface area contributed by atoms with E-state index in [1.165, 1.54) is 0 Å². The van der Waals surface area contributed by atoms with E-state index in [1.54, 1.807) is 20.4 Å². The van der Waals surface area contributed by atoms with Gasteiger partial charge in [0.05, 0.1) is 12.7 Å². The maximum atomic E-state index is 5.20. The van der Waals surface area contributed by atoms with E-state index in [4.69, 9.17) is 9.47 Å². The topological polar surface area (TPSA) is 59.2 Å². The summed E-state index contributed by atoms with van der Waals surface area (Å²) in [5, 5.41) is 9.98. The molecule has 14 heavy (non-hydrogen) atoms. The van der Waals surface area contributed by atoms with Crippen LogP contribution in [0.3, 0.4) is 0 Å². The predicted molar refractivity (Wildman–Crippen MR) is 53.0 cm³/mol. The molecule has 0 aromatic carbocycles. The molecule has 1 aromatic heterocycles. The molecule has 0 radical (unpaired) electrons. The maximum absolute atomic E-state index is 5.20. The molecule has 0 fully saturated rings. The summed E-state index contributed by atoms with van der Waals surface area (Å²) in [4.78, 5) is 0. The molecule has 0 aliphatic heterocycles. The Morgan fingerprint density at radius 1 is 1.57 bits per heavy atom. The standard InChI is InChI=1S/C9H17N3O2/c1-13-7-9(14-2)6-10-5-8-3-4-11-12-8/h3-4,9-10H,5-7H2,1-2H3,(H,11,12). The summed E-state index contributed by atoms with van der Waals surface area (Å²) < 4.78 is 10.2. The molecule has 1 aromatic rings. The number of aromatic nitrogens is 2. The number of rotatable bonds is 7. The molecule has 0 bridgehead atoms. The summed E-state index contributed by atoms with van der Waals surface area (Å²) in [7, 11) is 3.35. The first-order valence-corrected chi connectivity index (χ1v) is 4.57. The summed E-state index contributed by atoms with van der Waals surface area (Å²) in [5.74, 6) is 0. The van der Waals surface area contributed by atoms with Crippen LogP contribution in [-0.4, -0.2) is 43.7 Å². The molecule has 0 saturated heterocycles. The van der Waals surface area contributed by atoms with Gasteiger partial charge in [-0.05, 0) is 6.07 Å². The lowest BCUT2D eigenvalue weighted by atomic mass is 10.3. The van der Waals surface area contributed by atoms with Crippen molar-refractivity contribution in [2.45, 2.75) is 12.6 Å². The molecule has 5 heteroatoms. The van der Waals surface area contributed by atoms with E-state index in [2.05, 4.69) is 15.5 Å². The minimum absolute atomic E-state index is 0.0999. The Labute approximate surface area is 83.8 Å². The fourth-order valence-electron chi connectivity index (χ4n) is 1.15. The number of hydrogen-bond acceptors (Lipinski definition) is 4. The highest BCUT2D eigenvalue weighted by Crippen LogP contribution is 1.92. The Morgan fingerprint density at radius 2 is 2.43 bits per heavy atom. The van der Waals surface area contributed by atoms with Gasteiger partial charge in [-0.25, -0.2) is 0 Å². The second kappa shape index (κ2) is 6.53. The van der Waals surface area contributed by atoms with Crippen molar-refractivity contribution in [3.63, 3.8) is 0 Å². The molecule has 5 nitrogen and oxygen atoms in total. The van der Waals surface area contributed by atoms with Crippen molar-refractivity contribution in [3.8, 4) is 0 Å².